The van der Waals surface area contributed by atoms with Crippen molar-refractivity contribution >= 4 is 28.9 Å². The normalized spacial score (nSPS) is 18.2. The Morgan fingerprint density at radius 2 is 1.83 bits per heavy atom. The lowest BCUT2D eigenvalue weighted by atomic mass is 10.0. The Kier molecular flexibility index (Phi) is 7.20. The number of piperidine rings is 1. The molecule has 5 rings (SSSR count). The van der Waals surface area contributed by atoms with Crippen LogP contribution in [0.25, 0.3) is 11.3 Å². The minimum Gasteiger partial charge on any atom is -0.378 e. The van der Waals surface area contributed by atoms with Crippen molar-refractivity contribution in [3.05, 3.63) is 60.8 Å². The number of ether oxygens (including phenoxy) is 1. The molecule has 0 aliphatic carbocycles. The fraction of sp³-hybridized carbons (Fsp3) is 0.370. The van der Waals surface area contributed by atoms with Crippen LogP contribution in [0.1, 0.15) is 19.3 Å². The molecular weight excluding hydrogens is 440 g/mol. The number of benzene rings is 2. The van der Waals surface area contributed by atoms with E-state index in [-0.39, 0.29) is 11.9 Å². The summed E-state index contributed by atoms with van der Waals surface area (Å²) in [4.78, 5) is 25.9. The number of likely N-dealkylation sites (N-methyl/N-ethyl adjacent to an activating group) is 1. The first-order valence-corrected chi connectivity index (χ1v) is 12.3. The molecule has 8 nitrogen and oxygen atoms in total. The minimum atomic E-state index is -0.0909. The molecule has 1 aromatic heterocycles. The summed E-state index contributed by atoms with van der Waals surface area (Å²) in [7, 11) is 1.84. The number of nitrogens with zero attached hydrogens (tertiary/aromatic N) is 4. The molecule has 0 bridgehead atoms. The summed E-state index contributed by atoms with van der Waals surface area (Å²) in [6.07, 6.45) is 4.88. The molecule has 1 amide bonds. The predicted octanol–water partition coefficient (Wildman–Crippen LogP) is 3.83. The van der Waals surface area contributed by atoms with Gasteiger partial charge in [-0.05, 0) is 61.9 Å². The average molecular weight is 473 g/mol. The Labute approximate surface area is 206 Å². The number of hydrogen-bond acceptors (Lipinski definition) is 7. The van der Waals surface area contributed by atoms with E-state index in [1.807, 2.05) is 49.5 Å². The molecule has 35 heavy (non-hydrogen) atoms. The third-order valence-corrected chi connectivity index (χ3v) is 6.64. The number of amides is 1. The second-order valence-electron chi connectivity index (χ2n) is 8.98. The Balaban J connectivity index is 1.24. The molecule has 0 radical (unpaired) electrons. The fourth-order valence-electron chi connectivity index (χ4n) is 4.57. The van der Waals surface area contributed by atoms with E-state index in [9.17, 15) is 4.79 Å². The van der Waals surface area contributed by atoms with Gasteiger partial charge in [-0.2, -0.15) is 0 Å². The summed E-state index contributed by atoms with van der Waals surface area (Å²) in [5, 5.41) is 6.63. The first kappa shape index (κ1) is 23.3. The van der Waals surface area contributed by atoms with Gasteiger partial charge in [-0.1, -0.05) is 18.6 Å². The molecule has 1 unspecified atom stereocenters. The Morgan fingerprint density at radius 1 is 1.06 bits per heavy atom. The summed E-state index contributed by atoms with van der Waals surface area (Å²) in [5.41, 5.74) is 4.79. The third kappa shape index (κ3) is 5.61. The van der Waals surface area contributed by atoms with Crippen LogP contribution in [0.2, 0.25) is 0 Å². The van der Waals surface area contributed by atoms with Crippen molar-refractivity contribution in [3.63, 3.8) is 0 Å². The lowest BCUT2D eigenvalue weighted by Gasteiger charge is -2.28. The number of hydrogen-bond donors (Lipinski definition) is 2. The van der Waals surface area contributed by atoms with Crippen molar-refractivity contribution in [2.24, 2.45) is 0 Å². The molecule has 2 saturated heterocycles. The molecule has 182 valence electrons. The second kappa shape index (κ2) is 10.8. The van der Waals surface area contributed by atoms with Crippen molar-refractivity contribution in [1.82, 2.24) is 15.3 Å². The van der Waals surface area contributed by atoms with E-state index in [1.54, 1.807) is 11.1 Å². The van der Waals surface area contributed by atoms with Crippen molar-refractivity contribution in [2.75, 3.05) is 55.0 Å². The lowest BCUT2D eigenvalue weighted by Crippen LogP contribution is -2.47. The van der Waals surface area contributed by atoms with Crippen LogP contribution in [-0.4, -0.2) is 61.8 Å². The van der Waals surface area contributed by atoms with Gasteiger partial charge in [0.25, 0.3) is 0 Å². The standard InChI is InChI=1S/C27H32N6O2/c1-32(26(34)25-4-2-3-14-28-25)22-9-5-20(6-10-22)24-13-15-29-27(31-24)30-21-7-11-23(12-8-21)33-16-18-35-19-17-33/h5-13,15,25,28H,2-4,14,16-19H2,1H3,(H,29,30,31). The smallest absolute Gasteiger partial charge is 0.243 e. The molecule has 3 heterocycles. The van der Waals surface area contributed by atoms with Gasteiger partial charge in [0.1, 0.15) is 0 Å². The van der Waals surface area contributed by atoms with E-state index in [4.69, 9.17) is 9.72 Å². The van der Waals surface area contributed by atoms with E-state index in [1.165, 1.54) is 5.69 Å². The lowest BCUT2D eigenvalue weighted by molar-refractivity contribution is -0.120. The molecule has 2 N–H and O–H groups in total. The average Bonchev–Trinajstić information content (AvgIpc) is 2.94. The van der Waals surface area contributed by atoms with Gasteiger partial charge in [0.05, 0.1) is 24.9 Å². The molecule has 8 heteroatoms. The summed E-state index contributed by atoms with van der Waals surface area (Å²) < 4.78 is 5.43. The van der Waals surface area contributed by atoms with Crippen LogP contribution in [0.3, 0.4) is 0 Å². The Hall–Kier alpha value is -3.49. The van der Waals surface area contributed by atoms with Crippen LogP contribution in [0.4, 0.5) is 23.0 Å². The number of rotatable bonds is 6. The highest BCUT2D eigenvalue weighted by atomic mass is 16.5. The number of nitrogens with one attached hydrogen (secondary N) is 2. The van der Waals surface area contributed by atoms with Crippen LogP contribution in [0.5, 0.6) is 0 Å². The number of anilines is 4. The molecule has 2 aromatic carbocycles. The highest BCUT2D eigenvalue weighted by molar-refractivity contribution is 5.97. The van der Waals surface area contributed by atoms with Crippen molar-refractivity contribution < 1.29 is 9.53 Å². The highest BCUT2D eigenvalue weighted by Crippen LogP contribution is 2.25. The van der Waals surface area contributed by atoms with Crippen LogP contribution in [-0.2, 0) is 9.53 Å². The van der Waals surface area contributed by atoms with E-state index in [2.05, 4.69) is 32.7 Å². The second-order valence-corrected chi connectivity index (χ2v) is 8.98. The topological polar surface area (TPSA) is 82.6 Å². The van der Waals surface area contributed by atoms with E-state index in [0.717, 1.165) is 74.7 Å². The Morgan fingerprint density at radius 3 is 2.54 bits per heavy atom. The summed E-state index contributed by atoms with van der Waals surface area (Å²) >= 11 is 0. The predicted molar refractivity (Wildman–Crippen MR) is 139 cm³/mol. The highest BCUT2D eigenvalue weighted by Gasteiger charge is 2.24. The molecule has 1 atom stereocenters. The zero-order chi connectivity index (χ0) is 24.0. The van der Waals surface area contributed by atoms with E-state index < -0.39 is 0 Å². The maximum absolute atomic E-state index is 12.8. The molecule has 3 aromatic rings. The minimum absolute atomic E-state index is 0.0909. The van der Waals surface area contributed by atoms with Crippen molar-refractivity contribution in [2.45, 2.75) is 25.3 Å². The zero-order valence-corrected chi connectivity index (χ0v) is 20.1. The van der Waals surface area contributed by atoms with Gasteiger partial charge in [0, 0.05) is 49.0 Å². The maximum Gasteiger partial charge on any atom is 0.243 e. The summed E-state index contributed by atoms with van der Waals surface area (Å²) in [6, 6.07) is 18.0. The van der Waals surface area contributed by atoms with Crippen LogP contribution < -0.4 is 20.4 Å². The molecule has 2 fully saturated rings. The van der Waals surface area contributed by atoms with Crippen molar-refractivity contribution in [1.29, 1.82) is 0 Å². The number of aromatic nitrogens is 2. The summed E-state index contributed by atoms with van der Waals surface area (Å²) in [6.45, 7) is 4.28. The summed E-state index contributed by atoms with van der Waals surface area (Å²) in [5.74, 6) is 0.659. The SMILES string of the molecule is CN(C(=O)C1CCCCN1)c1ccc(-c2ccnc(Nc3ccc(N4CCOCC4)cc3)n2)cc1. The largest absolute Gasteiger partial charge is 0.378 e. The van der Waals surface area contributed by atoms with Gasteiger partial charge in [0.15, 0.2) is 0 Å². The molecule has 2 aliphatic heterocycles. The monoisotopic (exact) mass is 472 g/mol. The molecular formula is C27H32N6O2. The third-order valence-electron chi connectivity index (χ3n) is 6.64. The molecule has 0 spiro atoms. The van der Waals surface area contributed by atoms with Gasteiger partial charge >= 0.3 is 0 Å². The first-order chi connectivity index (χ1) is 17.2. The van der Waals surface area contributed by atoms with E-state index in [0.29, 0.717) is 5.95 Å². The van der Waals surface area contributed by atoms with Crippen LogP contribution in [0, 0.1) is 0 Å². The number of carbonyl (C=O) groups is 1. The number of morpholine rings is 1. The Bertz CT molecular complexity index is 1120. The van der Waals surface area contributed by atoms with Crippen molar-refractivity contribution in [3.8, 4) is 11.3 Å². The van der Waals surface area contributed by atoms with E-state index >= 15 is 0 Å². The first-order valence-electron chi connectivity index (χ1n) is 12.3. The maximum atomic E-state index is 12.8. The van der Waals surface area contributed by atoms with Crippen LogP contribution in [0.15, 0.2) is 60.8 Å². The molecule has 0 saturated carbocycles. The quantitative estimate of drug-likeness (QED) is 0.564. The van der Waals surface area contributed by atoms with Gasteiger partial charge in [-0.25, -0.2) is 9.97 Å². The van der Waals surface area contributed by atoms with Gasteiger partial charge in [-0.3, -0.25) is 4.79 Å². The van der Waals surface area contributed by atoms with Gasteiger partial charge in [0.2, 0.25) is 11.9 Å². The van der Waals surface area contributed by atoms with Gasteiger partial charge < -0.3 is 25.2 Å². The molecule has 2 aliphatic rings. The number of carbonyl (C=O) groups excluding carboxylic acids is 1. The van der Waals surface area contributed by atoms with Crippen LogP contribution >= 0.6 is 0 Å². The fourth-order valence-corrected chi connectivity index (χ4v) is 4.57. The zero-order valence-electron chi connectivity index (χ0n) is 20.1. The van der Waals surface area contributed by atoms with Gasteiger partial charge in [-0.15, -0.1) is 0 Å².